The molecule has 230 valence electrons. The molecule has 11 heteroatoms. The number of benzene rings is 1. The van der Waals surface area contributed by atoms with Crippen molar-refractivity contribution in [3.63, 3.8) is 0 Å². The maximum absolute atomic E-state index is 12.6. The number of anilines is 1. The molecule has 3 heterocycles. The van der Waals surface area contributed by atoms with E-state index in [4.69, 9.17) is 19.0 Å². The summed E-state index contributed by atoms with van der Waals surface area (Å²) in [5.74, 6) is 0.600. The summed E-state index contributed by atoms with van der Waals surface area (Å²) in [6.45, 7) is 10.3. The maximum Gasteiger partial charge on any atom is 0.410 e. The SMILES string of the molecule is Cc1ccc(S(=O)(=O)OCC2CC(n3cc(-c4ncccc4N4CCN(C(=O)OC(C)(C)C)CC4)c(C4CC4)n3)C2)cc1. The molecule has 0 unspecified atom stereocenters. The molecule has 0 bridgehead atoms. The van der Waals surface area contributed by atoms with Crippen molar-refractivity contribution in [2.75, 3.05) is 37.7 Å². The number of aryl methyl sites for hydroxylation is 1. The number of carbonyl (C=O) groups excluding carboxylic acids is 1. The molecular formula is C32H41N5O5S. The van der Waals surface area contributed by atoms with Gasteiger partial charge in [-0.25, -0.2) is 4.79 Å². The zero-order chi connectivity index (χ0) is 30.4. The Hall–Kier alpha value is -3.44. The van der Waals surface area contributed by atoms with Crippen LogP contribution in [0.4, 0.5) is 10.5 Å². The summed E-state index contributed by atoms with van der Waals surface area (Å²) in [7, 11) is -3.77. The van der Waals surface area contributed by atoms with Crippen molar-refractivity contribution in [2.24, 2.45) is 5.92 Å². The van der Waals surface area contributed by atoms with Crippen molar-refractivity contribution in [3.8, 4) is 11.3 Å². The predicted molar refractivity (Wildman–Crippen MR) is 164 cm³/mol. The number of hydrogen-bond acceptors (Lipinski definition) is 8. The van der Waals surface area contributed by atoms with Gasteiger partial charge < -0.3 is 14.5 Å². The summed E-state index contributed by atoms with van der Waals surface area (Å²) in [6, 6.07) is 11.0. The fourth-order valence-corrected chi connectivity index (χ4v) is 6.74. The molecule has 3 aliphatic rings. The van der Waals surface area contributed by atoms with Crippen molar-refractivity contribution < 1.29 is 22.1 Å². The van der Waals surface area contributed by atoms with E-state index in [-0.39, 0.29) is 29.6 Å². The normalized spacial score (nSPS) is 21.0. The average molecular weight is 608 g/mol. The van der Waals surface area contributed by atoms with Gasteiger partial charge in [-0.3, -0.25) is 13.8 Å². The van der Waals surface area contributed by atoms with E-state index in [2.05, 4.69) is 21.8 Å². The molecular weight excluding hydrogens is 566 g/mol. The number of piperazine rings is 1. The molecule has 1 amide bonds. The summed E-state index contributed by atoms with van der Waals surface area (Å²) in [4.78, 5) is 21.7. The molecule has 0 atom stereocenters. The van der Waals surface area contributed by atoms with Crippen LogP contribution in [0.15, 0.2) is 53.7 Å². The highest BCUT2D eigenvalue weighted by atomic mass is 32.2. The Labute approximate surface area is 254 Å². The number of amides is 1. The van der Waals surface area contributed by atoms with Crippen molar-refractivity contribution in [1.29, 1.82) is 0 Å². The molecule has 43 heavy (non-hydrogen) atoms. The highest BCUT2D eigenvalue weighted by Crippen LogP contribution is 2.47. The smallest absolute Gasteiger partial charge is 0.410 e. The maximum atomic E-state index is 12.6. The van der Waals surface area contributed by atoms with Gasteiger partial charge in [-0.05, 0) is 83.6 Å². The van der Waals surface area contributed by atoms with Crippen molar-refractivity contribution in [2.45, 2.75) is 75.8 Å². The first kappa shape index (κ1) is 29.6. The van der Waals surface area contributed by atoms with Crippen LogP contribution in [0.5, 0.6) is 0 Å². The predicted octanol–water partition coefficient (Wildman–Crippen LogP) is 5.54. The van der Waals surface area contributed by atoms with Gasteiger partial charge in [0.1, 0.15) is 5.60 Å². The van der Waals surface area contributed by atoms with Gasteiger partial charge in [0.15, 0.2) is 0 Å². The number of hydrogen-bond donors (Lipinski definition) is 0. The molecule has 2 saturated carbocycles. The molecule has 0 spiro atoms. The van der Waals surface area contributed by atoms with Crippen LogP contribution < -0.4 is 4.90 Å². The second kappa shape index (κ2) is 11.6. The first-order valence-electron chi connectivity index (χ1n) is 15.2. The van der Waals surface area contributed by atoms with E-state index in [1.165, 1.54) is 0 Å². The Morgan fingerprint density at radius 3 is 2.37 bits per heavy atom. The Bertz CT molecular complexity index is 1560. The fourth-order valence-electron chi connectivity index (χ4n) is 5.76. The van der Waals surface area contributed by atoms with Crippen LogP contribution in [0.2, 0.25) is 0 Å². The summed E-state index contributed by atoms with van der Waals surface area (Å²) in [6.07, 6.45) is 7.56. The van der Waals surface area contributed by atoms with Crippen LogP contribution >= 0.6 is 0 Å². The van der Waals surface area contributed by atoms with Gasteiger partial charge in [0, 0.05) is 50.1 Å². The lowest BCUT2D eigenvalue weighted by atomic mass is 9.81. The third kappa shape index (κ3) is 6.72. The fraction of sp³-hybridized carbons (Fsp3) is 0.531. The van der Waals surface area contributed by atoms with Crippen LogP contribution in [0.3, 0.4) is 0 Å². The van der Waals surface area contributed by atoms with E-state index in [0.29, 0.717) is 32.1 Å². The zero-order valence-corrected chi connectivity index (χ0v) is 26.2. The van der Waals surface area contributed by atoms with E-state index >= 15 is 0 Å². The summed E-state index contributed by atoms with van der Waals surface area (Å²) in [5.41, 5.74) is 4.61. The molecule has 1 saturated heterocycles. The first-order chi connectivity index (χ1) is 20.5. The molecule has 6 rings (SSSR count). The molecule has 10 nitrogen and oxygen atoms in total. The van der Waals surface area contributed by atoms with E-state index in [1.807, 2.05) is 40.0 Å². The van der Waals surface area contributed by atoms with E-state index in [9.17, 15) is 13.2 Å². The average Bonchev–Trinajstić information content (AvgIpc) is 3.70. The lowest BCUT2D eigenvalue weighted by Gasteiger charge is -2.37. The summed E-state index contributed by atoms with van der Waals surface area (Å²) < 4.78 is 38.3. The third-order valence-corrected chi connectivity index (χ3v) is 9.69. The minimum atomic E-state index is -3.77. The van der Waals surface area contributed by atoms with Crippen LogP contribution in [-0.4, -0.2) is 72.6 Å². The number of aromatic nitrogens is 3. The molecule has 1 aromatic carbocycles. The molecule has 2 aliphatic carbocycles. The monoisotopic (exact) mass is 607 g/mol. The Balaban J connectivity index is 1.12. The van der Waals surface area contributed by atoms with Gasteiger partial charge in [-0.2, -0.15) is 13.5 Å². The van der Waals surface area contributed by atoms with E-state index in [0.717, 1.165) is 53.9 Å². The summed E-state index contributed by atoms with van der Waals surface area (Å²) in [5, 5.41) is 5.05. The van der Waals surface area contributed by atoms with Crippen molar-refractivity contribution >= 4 is 21.9 Å². The van der Waals surface area contributed by atoms with E-state index in [1.54, 1.807) is 29.2 Å². The largest absolute Gasteiger partial charge is 0.444 e. The van der Waals surface area contributed by atoms with Crippen molar-refractivity contribution in [3.05, 3.63) is 60.0 Å². The number of pyridine rings is 1. The summed E-state index contributed by atoms with van der Waals surface area (Å²) >= 11 is 0. The van der Waals surface area contributed by atoms with Gasteiger partial charge in [0.05, 0.1) is 34.6 Å². The number of nitrogens with zero attached hydrogens (tertiary/aromatic N) is 5. The quantitative estimate of drug-likeness (QED) is 0.307. The van der Waals surface area contributed by atoms with Crippen LogP contribution in [0.1, 0.15) is 69.7 Å². The molecule has 3 fully saturated rings. The zero-order valence-electron chi connectivity index (χ0n) is 25.4. The topological polar surface area (TPSA) is 107 Å². The standard InChI is InChI=1S/C32H41N5O5S/c1-22-7-11-26(12-8-22)43(39,40)41-21-23-18-25(19-23)37-20-27(29(34-37)24-9-10-24)30-28(6-5-13-33-30)35-14-16-36(17-15-35)31(38)42-32(2,3)4/h5-8,11-13,20,23-25H,9-10,14-19,21H2,1-4H3. The van der Waals surface area contributed by atoms with Gasteiger partial charge in [-0.1, -0.05) is 17.7 Å². The second-order valence-electron chi connectivity index (χ2n) is 13.1. The molecule has 0 N–H and O–H groups in total. The first-order valence-corrected chi connectivity index (χ1v) is 16.6. The van der Waals surface area contributed by atoms with Crippen LogP contribution in [-0.2, 0) is 19.0 Å². The van der Waals surface area contributed by atoms with Crippen LogP contribution in [0, 0.1) is 12.8 Å². The Morgan fingerprint density at radius 2 is 1.72 bits per heavy atom. The molecule has 3 aromatic rings. The number of ether oxygens (including phenoxy) is 1. The van der Waals surface area contributed by atoms with Crippen molar-refractivity contribution in [1.82, 2.24) is 19.7 Å². The lowest BCUT2D eigenvalue weighted by molar-refractivity contribution is 0.0240. The van der Waals surface area contributed by atoms with Crippen LogP contribution in [0.25, 0.3) is 11.3 Å². The second-order valence-corrected chi connectivity index (χ2v) is 14.7. The van der Waals surface area contributed by atoms with Gasteiger partial charge >= 0.3 is 6.09 Å². The minimum Gasteiger partial charge on any atom is -0.444 e. The van der Waals surface area contributed by atoms with Gasteiger partial charge in [-0.15, -0.1) is 0 Å². The molecule has 0 radical (unpaired) electrons. The van der Waals surface area contributed by atoms with E-state index < -0.39 is 15.7 Å². The number of carbonyl (C=O) groups is 1. The molecule has 1 aliphatic heterocycles. The van der Waals surface area contributed by atoms with Gasteiger partial charge in [0.2, 0.25) is 0 Å². The third-order valence-electron chi connectivity index (χ3n) is 8.39. The Kier molecular flexibility index (Phi) is 7.97. The number of rotatable bonds is 8. The molecule has 2 aromatic heterocycles. The minimum absolute atomic E-state index is 0.161. The highest BCUT2D eigenvalue weighted by Gasteiger charge is 2.37. The highest BCUT2D eigenvalue weighted by molar-refractivity contribution is 7.86. The lowest BCUT2D eigenvalue weighted by Crippen LogP contribution is -2.50. The van der Waals surface area contributed by atoms with Gasteiger partial charge in [0.25, 0.3) is 10.1 Å². The Morgan fingerprint density at radius 1 is 1.02 bits per heavy atom.